The van der Waals surface area contributed by atoms with Crippen molar-refractivity contribution in [3.63, 3.8) is 0 Å². The Kier molecular flexibility index (Phi) is 4.05. The topological polar surface area (TPSA) is 74.2 Å². The van der Waals surface area contributed by atoms with E-state index in [0.29, 0.717) is 6.04 Å². The maximum Gasteiger partial charge on any atom is 0.225 e. The third kappa shape index (κ3) is 3.06. The van der Waals surface area contributed by atoms with E-state index in [-0.39, 0.29) is 0 Å². The van der Waals surface area contributed by atoms with Crippen molar-refractivity contribution in [1.29, 1.82) is 0 Å². The number of rotatable bonds is 3. The van der Waals surface area contributed by atoms with Crippen LogP contribution in [0.3, 0.4) is 0 Å². The van der Waals surface area contributed by atoms with Gasteiger partial charge in [0.25, 0.3) is 0 Å². The van der Waals surface area contributed by atoms with E-state index in [1.807, 2.05) is 19.1 Å². The molecule has 0 aliphatic carbocycles. The fraction of sp³-hybridized carbons (Fsp3) is 0.421. The summed E-state index contributed by atoms with van der Waals surface area (Å²) >= 11 is 0. The van der Waals surface area contributed by atoms with Gasteiger partial charge in [0, 0.05) is 63.9 Å². The maximum absolute atomic E-state index is 4.69. The van der Waals surface area contributed by atoms with Gasteiger partial charge in [-0.05, 0) is 25.1 Å². The van der Waals surface area contributed by atoms with Gasteiger partial charge in [0.15, 0.2) is 5.65 Å². The molecule has 5 rings (SSSR count). The molecule has 0 radical (unpaired) electrons. The molecule has 3 aromatic rings. The highest BCUT2D eigenvalue weighted by Crippen LogP contribution is 2.28. The van der Waals surface area contributed by atoms with Crippen LogP contribution >= 0.6 is 0 Å². The van der Waals surface area contributed by atoms with Gasteiger partial charge in [0.05, 0.1) is 5.39 Å². The predicted molar refractivity (Wildman–Crippen MR) is 104 cm³/mol. The van der Waals surface area contributed by atoms with Crippen molar-refractivity contribution in [2.45, 2.75) is 13.0 Å². The Balaban J connectivity index is 1.23. The number of fused-ring (bicyclic) bond motifs is 1. The highest BCUT2D eigenvalue weighted by atomic mass is 15.4. The summed E-state index contributed by atoms with van der Waals surface area (Å²) in [6, 6.07) is 6.44. The molecular weight excluding hydrogens is 340 g/mol. The van der Waals surface area contributed by atoms with Gasteiger partial charge in [-0.2, -0.15) is 0 Å². The lowest BCUT2D eigenvalue weighted by Gasteiger charge is -2.48. The van der Waals surface area contributed by atoms with Crippen molar-refractivity contribution >= 4 is 22.8 Å². The van der Waals surface area contributed by atoms with Crippen molar-refractivity contribution in [2.75, 3.05) is 49.1 Å². The van der Waals surface area contributed by atoms with Crippen LogP contribution in [-0.4, -0.2) is 75.1 Å². The van der Waals surface area contributed by atoms with Crippen LogP contribution in [0.1, 0.15) is 5.82 Å². The molecule has 8 heteroatoms. The van der Waals surface area contributed by atoms with Crippen LogP contribution < -0.4 is 9.80 Å². The fourth-order valence-electron chi connectivity index (χ4n) is 3.89. The second kappa shape index (κ2) is 6.70. The Morgan fingerprint density at radius 2 is 1.59 bits per heavy atom. The van der Waals surface area contributed by atoms with Crippen molar-refractivity contribution in [2.24, 2.45) is 0 Å². The lowest BCUT2D eigenvalue weighted by atomic mass is 10.1. The first-order valence-corrected chi connectivity index (χ1v) is 9.38. The predicted octanol–water partition coefficient (Wildman–Crippen LogP) is 1.13. The molecule has 3 aromatic heterocycles. The molecule has 0 atom stereocenters. The molecule has 8 nitrogen and oxygen atoms in total. The molecule has 0 saturated carbocycles. The fourth-order valence-corrected chi connectivity index (χ4v) is 3.89. The van der Waals surface area contributed by atoms with E-state index >= 15 is 0 Å². The molecule has 2 aliphatic rings. The summed E-state index contributed by atoms with van der Waals surface area (Å²) < 4.78 is 0. The van der Waals surface area contributed by atoms with Crippen molar-refractivity contribution in [3.8, 4) is 0 Å². The summed E-state index contributed by atoms with van der Waals surface area (Å²) in [4.78, 5) is 29.4. The average Bonchev–Trinajstić information content (AvgIpc) is 2.68. The third-order valence-corrected chi connectivity index (χ3v) is 5.39. The molecule has 2 aliphatic heterocycles. The maximum atomic E-state index is 4.69. The first-order valence-electron chi connectivity index (χ1n) is 9.38. The van der Waals surface area contributed by atoms with Crippen LogP contribution in [0.4, 0.5) is 11.8 Å². The molecule has 138 valence electrons. The smallest absolute Gasteiger partial charge is 0.225 e. The summed E-state index contributed by atoms with van der Waals surface area (Å²) in [5.41, 5.74) is 0.778. The van der Waals surface area contributed by atoms with E-state index in [0.717, 1.165) is 67.9 Å². The van der Waals surface area contributed by atoms with Crippen LogP contribution in [0.5, 0.6) is 0 Å². The van der Waals surface area contributed by atoms with Gasteiger partial charge in [0.1, 0.15) is 11.6 Å². The number of aryl methyl sites for hydroxylation is 1. The van der Waals surface area contributed by atoms with Gasteiger partial charge in [-0.25, -0.2) is 24.9 Å². The van der Waals surface area contributed by atoms with Crippen LogP contribution in [0, 0.1) is 6.92 Å². The molecule has 0 unspecified atom stereocenters. The van der Waals surface area contributed by atoms with E-state index in [1.165, 1.54) is 0 Å². The van der Waals surface area contributed by atoms with Gasteiger partial charge >= 0.3 is 0 Å². The van der Waals surface area contributed by atoms with Crippen LogP contribution in [-0.2, 0) is 0 Å². The zero-order valence-electron chi connectivity index (χ0n) is 15.4. The van der Waals surface area contributed by atoms with Gasteiger partial charge < -0.3 is 9.80 Å². The highest BCUT2D eigenvalue weighted by molar-refractivity contribution is 5.87. The Morgan fingerprint density at radius 3 is 2.37 bits per heavy atom. The van der Waals surface area contributed by atoms with Gasteiger partial charge in [-0.15, -0.1) is 0 Å². The molecule has 0 N–H and O–H groups in total. The van der Waals surface area contributed by atoms with Crippen LogP contribution in [0.15, 0.2) is 36.8 Å². The molecular formula is C19H22N8. The molecule has 27 heavy (non-hydrogen) atoms. The molecule has 0 spiro atoms. The molecule has 0 aromatic carbocycles. The zero-order valence-corrected chi connectivity index (χ0v) is 15.4. The molecule has 0 bridgehead atoms. The van der Waals surface area contributed by atoms with E-state index in [9.17, 15) is 0 Å². The standard InChI is InChI=1S/C19H22N8/c1-14-23-17-16(4-2-5-20-17)18(24-14)27-12-15(13-27)25-8-10-26(11-9-25)19-21-6-3-7-22-19/h2-7,15H,8-13H2,1H3. The lowest BCUT2D eigenvalue weighted by molar-refractivity contribution is 0.156. The number of aromatic nitrogens is 5. The van der Waals surface area contributed by atoms with Crippen molar-refractivity contribution in [3.05, 3.63) is 42.6 Å². The largest absolute Gasteiger partial charge is 0.353 e. The minimum absolute atomic E-state index is 0.575. The van der Waals surface area contributed by atoms with E-state index in [1.54, 1.807) is 18.6 Å². The van der Waals surface area contributed by atoms with Crippen LogP contribution in [0.25, 0.3) is 11.0 Å². The number of hydrogen-bond donors (Lipinski definition) is 0. The highest BCUT2D eigenvalue weighted by Gasteiger charge is 2.35. The number of pyridine rings is 1. The summed E-state index contributed by atoms with van der Waals surface area (Å²) in [6.07, 6.45) is 5.40. The number of anilines is 2. The van der Waals surface area contributed by atoms with E-state index in [4.69, 9.17) is 0 Å². The second-order valence-electron chi connectivity index (χ2n) is 7.10. The van der Waals surface area contributed by atoms with Gasteiger partial charge in [-0.3, -0.25) is 4.90 Å². The summed E-state index contributed by atoms with van der Waals surface area (Å²) in [5, 5.41) is 1.03. The molecule has 0 amide bonds. The molecule has 2 fully saturated rings. The summed E-state index contributed by atoms with van der Waals surface area (Å²) in [5.74, 6) is 2.62. The van der Waals surface area contributed by atoms with Gasteiger partial charge in [-0.1, -0.05) is 0 Å². The molecule has 5 heterocycles. The normalized spacial score (nSPS) is 18.7. The minimum Gasteiger partial charge on any atom is -0.353 e. The van der Waals surface area contributed by atoms with Crippen molar-refractivity contribution in [1.82, 2.24) is 29.8 Å². The Bertz CT molecular complexity index is 933. The Hall–Kier alpha value is -2.87. The monoisotopic (exact) mass is 362 g/mol. The number of piperazine rings is 1. The van der Waals surface area contributed by atoms with E-state index in [2.05, 4.69) is 45.7 Å². The number of hydrogen-bond acceptors (Lipinski definition) is 8. The molecule has 2 saturated heterocycles. The summed E-state index contributed by atoms with van der Waals surface area (Å²) in [7, 11) is 0. The first-order chi connectivity index (χ1) is 13.3. The Morgan fingerprint density at radius 1 is 0.852 bits per heavy atom. The minimum atomic E-state index is 0.575. The summed E-state index contributed by atoms with van der Waals surface area (Å²) in [6.45, 7) is 7.97. The quantitative estimate of drug-likeness (QED) is 0.687. The third-order valence-electron chi connectivity index (χ3n) is 5.39. The van der Waals surface area contributed by atoms with Crippen LogP contribution in [0.2, 0.25) is 0 Å². The van der Waals surface area contributed by atoms with E-state index < -0.39 is 0 Å². The average molecular weight is 362 g/mol. The SMILES string of the molecule is Cc1nc(N2CC(N3CCN(c4ncccn4)CC3)C2)c2cccnc2n1. The first kappa shape index (κ1) is 16.3. The Labute approximate surface area is 157 Å². The second-order valence-corrected chi connectivity index (χ2v) is 7.10. The zero-order chi connectivity index (χ0) is 18.2. The lowest BCUT2D eigenvalue weighted by Crippen LogP contribution is -2.63. The van der Waals surface area contributed by atoms with Crippen molar-refractivity contribution < 1.29 is 0 Å². The van der Waals surface area contributed by atoms with Gasteiger partial charge in [0.2, 0.25) is 5.95 Å². The number of nitrogens with zero attached hydrogens (tertiary/aromatic N) is 8.